The molecule has 1 atom stereocenters. The molecule has 0 aliphatic carbocycles. The van der Waals surface area contributed by atoms with E-state index in [-0.39, 0.29) is 12.5 Å². The summed E-state index contributed by atoms with van der Waals surface area (Å²) < 4.78 is 11.2. The van der Waals surface area contributed by atoms with Crippen LogP contribution in [0, 0.1) is 5.92 Å². The van der Waals surface area contributed by atoms with Crippen molar-refractivity contribution in [3.8, 4) is 17.4 Å². The number of rotatable bonds is 9. The number of carbonyl (C=O) groups excluding carboxylic acids is 3. The molecule has 0 bridgehead atoms. The SMILES string of the molecule is CCOc1ccc(Oc2cc(CNC(=O)C(C(C)C)N3C(=O)c4ccccc4C3=O)ccn2)cc1. The lowest BCUT2D eigenvalue weighted by atomic mass is 10.0. The summed E-state index contributed by atoms with van der Waals surface area (Å²) in [6.45, 7) is 6.31. The number of hydrogen-bond acceptors (Lipinski definition) is 6. The lowest BCUT2D eigenvalue weighted by molar-refractivity contribution is -0.126. The van der Waals surface area contributed by atoms with Gasteiger partial charge in [-0.3, -0.25) is 19.3 Å². The molecule has 1 unspecified atom stereocenters. The van der Waals surface area contributed by atoms with E-state index >= 15 is 0 Å². The highest BCUT2D eigenvalue weighted by Gasteiger charge is 2.43. The van der Waals surface area contributed by atoms with Gasteiger partial charge in [-0.2, -0.15) is 0 Å². The molecule has 2 aromatic carbocycles. The summed E-state index contributed by atoms with van der Waals surface area (Å²) in [5, 5.41) is 2.85. The molecule has 1 aliphatic heterocycles. The quantitative estimate of drug-likeness (QED) is 0.468. The fourth-order valence-electron chi connectivity index (χ4n) is 3.98. The standard InChI is InChI=1S/C27H27N3O5/c1-4-34-19-9-11-20(12-10-19)35-23-15-18(13-14-28-23)16-29-25(31)24(17(2)3)30-26(32)21-7-5-6-8-22(21)27(30)33/h5-15,17,24H,4,16H2,1-3H3,(H,29,31). The zero-order chi connectivity index (χ0) is 24.9. The maximum atomic E-state index is 13.1. The topological polar surface area (TPSA) is 97.8 Å². The first kappa shape index (κ1) is 23.9. The highest BCUT2D eigenvalue weighted by molar-refractivity contribution is 6.22. The molecule has 8 nitrogen and oxygen atoms in total. The lowest BCUT2D eigenvalue weighted by Gasteiger charge is -2.28. The Kier molecular flexibility index (Phi) is 7.10. The molecule has 0 spiro atoms. The fraction of sp³-hybridized carbons (Fsp3) is 0.259. The summed E-state index contributed by atoms with van der Waals surface area (Å²) in [7, 11) is 0. The normalized spacial score (nSPS) is 13.5. The maximum absolute atomic E-state index is 13.1. The molecule has 3 aromatic rings. The molecule has 8 heteroatoms. The molecule has 1 aromatic heterocycles. The largest absolute Gasteiger partial charge is 0.494 e. The first-order valence-electron chi connectivity index (χ1n) is 11.5. The predicted molar refractivity (Wildman–Crippen MR) is 129 cm³/mol. The summed E-state index contributed by atoms with van der Waals surface area (Å²) >= 11 is 0. The molecule has 0 fully saturated rings. The third-order valence-corrected chi connectivity index (χ3v) is 5.63. The molecule has 0 saturated carbocycles. The van der Waals surface area contributed by atoms with Crippen LogP contribution >= 0.6 is 0 Å². The summed E-state index contributed by atoms with van der Waals surface area (Å²) in [5.74, 6) is 0.161. The molecule has 35 heavy (non-hydrogen) atoms. The van der Waals surface area contributed by atoms with Crippen molar-refractivity contribution >= 4 is 17.7 Å². The van der Waals surface area contributed by atoms with E-state index in [0.29, 0.717) is 29.4 Å². The van der Waals surface area contributed by atoms with Gasteiger partial charge in [0, 0.05) is 18.8 Å². The van der Waals surface area contributed by atoms with Crippen LogP contribution < -0.4 is 14.8 Å². The molecular weight excluding hydrogens is 446 g/mol. The predicted octanol–water partition coefficient (Wildman–Crippen LogP) is 4.21. The van der Waals surface area contributed by atoms with Crippen LogP contribution in [0.3, 0.4) is 0 Å². The molecular formula is C27H27N3O5. The summed E-state index contributed by atoms with van der Waals surface area (Å²) in [6.07, 6.45) is 1.59. The molecule has 2 heterocycles. The number of fused-ring (bicyclic) bond motifs is 1. The Morgan fingerprint density at radius 3 is 2.20 bits per heavy atom. The summed E-state index contributed by atoms with van der Waals surface area (Å²) in [5.41, 5.74) is 1.40. The number of carbonyl (C=O) groups is 3. The van der Waals surface area contributed by atoms with Gasteiger partial charge in [0.2, 0.25) is 11.8 Å². The van der Waals surface area contributed by atoms with Crippen molar-refractivity contribution in [3.05, 3.63) is 83.6 Å². The van der Waals surface area contributed by atoms with Gasteiger partial charge in [0.25, 0.3) is 11.8 Å². The maximum Gasteiger partial charge on any atom is 0.262 e. The van der Waals surface area contributed by atoms with Gasteiger partial charge in [-0.15, -0.1) is 0 Å². The Labute approximate surface area is 203 Å². The van der Waals surface area contributed by atoms with Crippen LogP contribution in [-0.2, 0) is 11.3 Å². The number of nitrogens with one attached hydrogen (secondary N) is 1. The Balaban J connectivity index is 1.43. The van der Waals surface area contributed by atoms with Gasteiger partial charge in [-0.05, 0) is 60.9 Å². The van der Waals surface area contributed by atoms with Crippen LogP contribution in [0.15, 0.2) is 66.9 Å². The Bertz CT molecular complexity index is 1200. The highest BCUT2D eigenvalue weighted by atomic mass is 16.5. The number of nitrogens with zero attached hydrogens (tertiary/aromatic N) is 2. The molecule has 1 N–H and O–H groups in total. The van der Waals surface area contributed by atoms with Crippen molar-refractivity contribution in [1.29, 1.82) is 0 Å². The third kappa shape index (κ3) is 5.16. The van der Waals surface area contributed by atoms with Crippen LogP contribution in [-0.4, -0.2) is 40.3 Å². The van der Waals surface area contributed by atoms with E-state index in [1.807, 2.05) is 32.9 Å². The van der Waals surface area contributed by atoms with Gasteiger partial charge in [0.15, 0.2) is 0 Å². The highest BCUT2D eigenvalue weighted by Crippen LogP contribution is 2.27. The van der Waals surface area contributed by atoms with Crippen molar-refractivity contribution < 1.29 is 23.9 Å². The molecule has 1 aliphatic rings. The van der Waals surface area contributed by atoms with E-state index in [0.717, 1.165) is 16.2 Å². The van der Waals surface area contributed by atoms with Gasteiger partial charge in [0.05, 0.1) is 17.7 Å². The van der Waals surface area contributed by atoms with Crippen molar-refractivity contribution in [2.75, 3.05) is 6.61 Å². The van der Waals surface area contributed by atoms with E-state index in [4.69, 9.17) is 9.47 Å². The minimum Gasteiger partial charge on any atom is -0.494 e. The minimum absolute atomic E-state index is 0.188. The number of ether oxygens (including phenoxy) is 2. The number of benzene rings is 2. The number of pyridine rings is 1. The first-order valence-corrected chi connectivity index (χ1v) is 11.5. The second kappa shape index (κ2) is 10.4. The summed E-state index contributed by atoms with van der Waals surface area (Å²) in [4.78, 5) is 44.2. The molecule has 180 valence electrons. The zero-order valence-electron chi connectivity index (χ0n) is 19.9. The van der Waals surface area contributed by atoms with E-state index in [1.165, 1.54) is 0 Å². The van der Waals surface area contributed by atoms with Gasteiger partial charge < -0.3 is 14.8 Å². The van der Waals surface area contributed by atoms with Gasteiger partial charge in [-0.1, -0.05) is 26.0 Å². The van der Waals surface area contributed by atoms with Crippen LogP contribution in [0.25, 0.3) is 0 Å². The van der Waals surface area contributed by atoms with E-state index in [1.54, 1.807) is 54.7 Å². The van der Waals surface area contributed by atoms with E-state index < -0.39 is 23.8 Å². The van der Waals surface area contributed by atoms with Gasteiger partial charge >= 0.3 is 0 Å². The molecule has 0 saturated heterocycles. The van der Waals surface area contributed by atoms with Crippen LogP contribution in [0.1, 0.15) is 47.1 Å². The van der Waals surface area contributed by atoms with E-state index in [9.17, 15) is 14.4 Å². The van der Waals surface area contributed by atoms with Crippen LogP contribution in [0.4, 0.5) is 0 Å². The van der Waals surface area contributed by atoms with Crippen molar-refractivity contribution in [2.24, 2.45) is 5.92 Å². The molecule has 4 rings (SSSR count). The van der Waals surface area contributed by atoms with Crippen LogP contribution in [0.2, 0.25) is 0 Å². The first-order chi connectivity index (χ1) is 16.9. The number of hydrogen-bond donors (Lipinski definition) is 1. The smallest absolute Gasteiger partial charge is 0.262 e. The Hall–Kier alpha value is -4.20. The van der Waals surface area contributed by atoms with Gasteiger partial charge in [0.1, 0.15) is 17.5 Å². The van der Waals surface area contributed by atoms with E-state index in [2.05, 4.69) is 10.3 Å². The lowest BCUT2D eigenvalue weighted by Crippen LogP contribution is -2.52. The fourth-order valence-corrected chi connectivity index (χ4v) is 3.98. The second-order valence-electron chi connectivity index (χ2n) is 8.44. The Morgan fingerprint density at radius 1 is 0.971 bits per heavy atom. The van der Waals surface area contributed by atoms with Gasteiger partial charge in [-0.25, -0.2) is 4.98 Å². The number of aromatic nitrogens is 1. The molecule has 0 radical (unpaired) electrons. The Morgan fingerprint density at radius 2 is 1.60 bits per heavy atom. The second-order valence-corrected chi connectivity index (χ2v) is 8.44. The third-order valence-electron chi connectivity index (χ3n) is 5.63. The minimum atomic E-state index is -0.927. The molecule has 3 amide bonds. The monoisotopic (exact) mass is 473 g/mol. The van der Waals surface area contributed by atoms with Crippen molar-refractivity contribution in [3.63, 3.8) is 0 Å². The summed E-state index contributed by atoms with van der Waals surface area (Å²) in [6, 6.07) is 16.4. The average molecular weight is 474 g/mol. The van der Waals surface area contributed by atoms with Crippen molar-refractivity contribution in [1.82, 2.24) is 15.2 Å². The zero-order valence-corrected chi connectivity index (χ0v) is 19.9. The van der Waals surface area contributed by atoms with Crippen molar-refractivity contribution in [2.45, 2.75) is 33.4 Å². The number of amides is 3. The number of imide groups is 1. The average Bonchev–Trinajstić information content (AvgIpc) is 3.10. The van der Waals surface area contributed by atoms with Crippen LogP contribution in [0.5, 0.6) is 17.4 Å².